The van der Waals surface area contributed by atoms with Crippen molar-refractivity contribution in [3.05, 3.63) is 0 Å². The minimum atomic E-state index is -1.55. The van der Waals surface area contributed by atoms with Gasteiger partial charge in [-0.25, -0.2) is 0 Å². The Bertz CT molecular complexity index is 850. The predicted octanol–water partition coefficient (Wildman–Crippen LogP) is -7.20. The van der Waals surface area contributed by atoms with Crippen molar-refractivity contribution in [1.82, 2.24) is 0 Å². The number of hydrogen-bond donors (Lipinski definition) is 12. The Hall–Kier alpha value is -0.680. The monoisotopic (exact) mass is 596 g/mol. The van der Waals surface area contributed by atoms with Gasteiger partial charge in [0.15, 0.2) is 12.6 Å². The number of aliphatic hydroxyl groups is 6. The molecule has 0 aromatic carbocycles. The molecule has 18 N–H and O–H groups in total. The zero-order valence-electron chi connectivity index (χ0n) is 23.0. The first-order valence-corrected chi connectivity index (χ1v) is 14.1. The average Bonchev–Trinajstić information content (AvgIpc) is 3.22. The van der Waals surface area contributed by atoms with E-state index in [0.29, 0.717) is 0 Å². The molecule has 4 aliphatic rings. The summed E-state index contributed by atoms with van der Waals surface area (Å²) < 4.78 is 29.5. The highest BCUT2D eigenvalue weighted by atomic mass is 16.7. The van der Waals surface area contributed by atoms with Gasteiger partial charge in [0, 0.05) is 37.0 Å². The third-order valence-electron chi connectivity index (χ3n) is 8.82. The van der Waals surface area contributed by atoms with Crippen LogP contribution in [0.2, 0.25) is 0 Å². The van der Waals surface area contributed by atoms with Crippen LogP contribution in [0, 0.1) is 5.92 Å². The van der Waals surface area contributed by atoms with Crippen molar-refractivity contribution in [2.24, 2.45) is 40.3 Å². The number of nitrogens with two attached hydrogens (primary N) is 6. The summed E-state index contributed by atoms with van der Waals surface area (Å²) in [5, 5.41) is 63.4. The molecule has 0 aromatic heterocycles. The van der Waals surface area contributed by atoms with Crippen molar-refractivity contribution < 1.29 is 54.3 Å². The number of hydrogen-bond acceptors (Lipinski definition) is 17. The summed E-state index contributed by atoms with van der Waals surface area (Å²) in [6.07, 6.45) is -14.9. The van der Waals surface area contributed by atoms with E-state index in [9.17, 15) is 30.6 Å². The van der Waals surface area contributed by atoms with Crippen molar-refractivity contribution in [1.29, 1.82) is 0 Å². The van der Waals surface area contributed by atoms with Crippen LogP contribution in [0.3, 0.4) is 0 Å². The molecule has 0 aromatic rings. The fourth-order valence-corrected chi connectivity index (χ4v) is 6.29. The van der Waals surface area contributed by atoms with Gasteiger partial charge in [-0.05, 0) is 13.3 Å². The largest absolute Gasteiger partial charge is 0.394 e. The highest BCUT2D eigenvalue weighted by Gasteiger charge is 2.55. The lowest BCUT2D eigenvalue weighted by Gasteiger charge is -2.50. The highest BCUT2D eigenvalue weighted by molar-refractivity contribution is 5.06. The lowest BCUT2D eigenvalue weighted by Crippen LogP contribution is -2.69. The third kappa shape index (κ3) is 6.57. The van der Waals surface area contributed by atoms with Gasteiger partial charge in [-0.2, -0.15) is 0 Å². The van der Waals surface area contributed by atoms with Gasteiger partial charge < -0.3 is 88.7 Å². The predicted molar refractivity (Wildman–Crippen MR) is 140 cm³/mol. The van der Waals surface area contributed by atoms with E-state index >= 15 is 0 Å². The van der Waals surface area contributed by atoms with Crippen LogP contribution in [0.4, 0.5) is 0 Å². The second-order valence-corrected chi connectivity index (χ2v) is 11.8. The maximum Gasteiger partial charge on any atom is 0.187 e. The Morgan fingerprint density at radius 2 is 1.39 bits per heavy atom. The fourth-order valence-electron chi connectivity index (χ4n) is 6.29. The van der Waals surface area contributed by atoms with Crippen molar-refractivity contribution >= 4 is 0 Å². The fraction of sp³-hybridized carbons (Fsp3) is 1.00. The highest BCUT2D eigenvalue weighted by Crippen LogP contribution is 2.38. The Balaban J connectivity index is 1.54. The SMILES string of the molecule is C[C@H](N)[C@@H]1C[C@@H](O)[C@@H](N)C([C@H]2[C@H](O[C@@H]3O[C@H](CO)[C@@H](O[C@H]4O[C@@H](CN)[C@@H](O)[C@H](O)[C@H]4N)[C@H]3O)[C@@H](O)[C@H](N)C[C@@H]2N)O1. The van der Waals surface area contributed by atoms with Crippen LogP contribution in [0.1, 0.15) is 19.8 Å². The molecular weight excluding hydrogens is 548 g/mol. The molecule has 0 amide bonds. The minimum absolute atomic E-state index is 0.144. The molecule has 0 radical (unpaired) electrons. The standard InChI is InChI=1S/C24H48N6O11/c1-6(26)10-3-9(32)14(29)21(37-10)13-7(27)2-8(28)16(33)22(13)41-24-19(36)20(12(5-31)39-24)40-23-15(30)18(35)17(34)11(4-25)38-23/h6-24,31-36H,2-5,25-30H2,1H3/t6-,7-,8+,9+,10-,11-,12+,13-,14+,15+,16-,17+,18+,19+,20+,21?,22-,23+,24-/m0/s1. The average molecular weight is 597 g/mol. The first-order valence-electron chi connectivity index (χ1n) is 14.1. The molecule has 4 fully saturated rings. The van der Waals surface area contributed by atoms with Gasteiger partial charge in [0.25, 0.3) is 0 Å². The Morgan fingerprint density at radius 3 is 2.00 bits per heavy atom. The molecule has 1 saturated carbocycles. The molecular formula is C24H48N6O11. The summed E-state index contributed by atoms with van der Waals surface area (Å²) in [7, 11) is 0. The third-order valence-corrected chi connectivity index (χ3v) is 8.82. The number of ether oxygens (including phenoxy) is 5. The molecule has 4 rings (SSSR count). The lowest BCUT2D eigenvalue weighted by molar-refractivity contribution is -0.280. The summed E-state index contributed by atoms with van der Waals surface area (Å²) in [5.74, 6) is -0.795. The summed E-state index contributed by atoms with van der Waals surface area (Å²) in [6, 6.07) is -4.00. The maximum absolute atomic E-state index is 11.2. The molecule has 1 unspecified atom stereocenters. The van der Waals surface area contributed by atoms with E-state index in [0.717, 1.165) is 0 Å². The van der Waals surface area contributed by atoms with Crippen LogP contribution >= 0.6 is 0 Å². The van der Waals surface area contributed by atoms with Crippen LogP contribution in [0.15, 0.2) is 0 Å². The second kappa shape index (κ2) is 13.5. The summed E-state index contributed by atoms with van der Waals surface area (Å²) in [4.78, 5) is 0. The van der Waals surface area contributed by atoms with E-state index in [1.807, 2.05) is 0 Å². The Labute approximate surface area is 237 Å². The van der Waals surface area contributed by atoms with Gasteiger partial charge in [0.05, 0.1) is 49.2 Å². The van der Waals surface area contributed by atoms with Crippen molar-refractivity contribution in [2.45, 2.75) is 130 Å². The molecule has 17 heteroatoms. The van der Waals surface area contributed by atoms with Gasteiger partial charge in [0.1, 0.15) is 36.6 Å². The molecule has 3 aliphatic heterocycles. The quantitative estimate of drug-likeness (QED) is 0.124. The Kier molecular flexibility index (Phi) is 11.0. The molecule has 3 heterocycles. The number of rotatable bonds is 8. The van der Waals surface area contributed by atoms with E-state index in [1.165, 1.54) is 0 Å². The molecule has 240 valence electrons. The van der Waals surface area contributed by atoms with E-state index in [4.69, 9.17) is 58.1 Å². The summed E-state index contributed by atoms with van der Waals surface area (Å²) >= 11 is 0. The van der Waals surface area contributed by atoms with Gasteiger partial charge in [-0.3, -0.25) is 0 Å². The van der Waals surface area contributed by atoms with Crippen molar-refractivity contribution in [3.8, 4) is 0 Å². The zero-order chi connectivity index (χ0) is 30.3. The maximum atomic E-state index is 11.2. The van der Waals surface area contributed by atoms with Crippen LogP contribution in [0.25, 0.3) is 0 Å². The molecule has 3 saturated heterocycles. The summed E-state index contributed by atoms with van der Waals surface area (Å²) in [5.41, 5.74) is 36.7. The first kappa shape index (κ1) is 33.2. The molecule has 0 spiro atoms. The lowest BCUT2D eigenvalue weighted by atomic mass is 9.72. The van der Waals surface area contributed by atoms with Crippen molar-refractivity contribution in [2.75, 3.05) is 13.2 Å². The molecule has 0 bridgehead atoms. The van der Waals surface area contributed by atoms with Gasteiger partial charge >= 0.3 is 0 Å². The van der Waals surface area contributed by atoms with Crippen LogP contribution < -0.4 is 34.4 Å². The van der Waals surface area contributed by atoms with E-state index in [2.05, 4.69) is 0 Å². The molecule has 1 aliphatic carbocycles. The van der Waals surface area contributed by atoms with E-state index in [-0.39, 0.29) is 19.4 Å². The normalized spacial score (nSPS) is 53.8. The summed E-state index contributed by atoms with van der Waals surface area (Å²) in [6.45, 7) is 0.985. The van der Waals surface area contributed by atoms with Gasteiger partial charge in [-0.15, -0.1) is 0 Å². The number of aliphatic hydroxyl groups excluding tert-OH is 6. The molecule has 19 atom stereocenters. The van der Waals surface area contributed by atoms with Crippen LogP contribution in [-0.2, 0) is 23.7 Å². The van der Waals surface area contributed by atoms with E-state index < -0.39 is 122 Å². The Morgan fingerprint density at radius 1 is 0.756 bits per heavy atom. The van der Waals surface area contributed by atoms with Gasteiger partial charge in [0.2, 0.25) is 0 Å². The van der Waals surface area contributed by atoms with Gasteiger partial charge in [-0.1, -0.05) is 0 Å². The second-order valence-electron chi connectivity index (χ2n) is 11.8. The molecule has 17 nitrogen and oxygen atoms in total. The van der Waals surface area contributed by atoms with Crippen LogP contribution in [-0.4, -0.2) is 154 Å². The first-order chi connectivity index (χ1) is 19.3. The zero-order valence-corrected chi connectivity index (χ0v) is 23.0. The topological polar surface area (TPSA) is 324 Å². The van der Waals surface area contributed by atoms with E-state index in [1.54, 1.807) is 6.92 Å². The smallest absolute Gasteiger partial charge is 0.187 e. The van der Waals surface area contributed by atoms with Crippen LogP contribution in [0.5, 0.6) is 0 Å². The minimum Gasteiger partial charge on any atom is -0.394 e. The van der Waals surface area contributed by atoms with Crippen molar-refractivity contribution in [3.63, 3.8) is 0 Å². The molecule has 41 heavy (non-hydrogen) atoms.